The number of likely N-dealkylation sites (tertiary alicyclic amines) is 1. The van der Waals surface area contributed by atoms with Gasteiger partial charge in [-0.05, 0) is 49.8 Å². The summed E-state index contributed by atoms with van der Waals surface area (Å²) >= 11 is 1.46. The largest absolute Gasteiger partial charge is 0.453 e. The number of hydrogen-bond acceptors (Lipinski definition) is 7. The van der Waals surface area contributed by atoms with Gasteiger partial charge in [-0.15, -0.1) is 11.3 Å². The predicted octanol–water partition coefficient (Wildman–Crippen LogP) is 3.60. The summed E-state index contributed by atoms with van der Waals surface area (Å²) in [6.07, 6.45) is 0.798. The molecule has 3 amide bonds. The number of halogens is 3. The van der Waals surface area contributed by atoms with Gasteiger partial charge in [0, 0.05) is 35.8 Å². The number of rotatable bonds is 7. The molecule has 1 aliphatic heterocycles. The number of carbonyl (C=O) groups is 3. The Morgan fingerprint density at radius 1 is 1.16 bits per heavy atom. The maximum absolute atomic E-state index is 12.8. The minimum Gasteiger partial charge on any atom is -0.453 e. The van der Waals surface area contributed by atoms with E-state index in [9.17, 15) is 27.6 Å². The van der Waals surface area contributed by atoms with Crippen molar-refractivity contribution in [1.29, 1.82) is 0 Å². The number of nitrogens with one attached hydrogen (secondary N) is 3. The van der Waals surface area contributed by atoms with Gasteiger partial charge < -0.3 is 15.4 Å². The van der Waals surface area contributed by atoms with Crippen LogP contribution in [-0.4, -0.2) is 66.6 Å². The number of amides is 3. The van der Waals surface area contributed by atoms with E-state index in [1.165, 1.54) is 24.5 Å². The van der Waals surface area contributed by atoms with Crippen LogP contribution in [0.2, 0.25) is 0 Å². The van der Waals surface area contributed by atoms with E-state index < -0.39 is 23.7 Å². The van der Waals surface area contributed by atoms with Gasteiger partial charge in [0.2, 0.25) is 5.91 Å². The molecule has 1 aliphatic carbocycles. The van der Waals surface area contributed by atoms with Crippen molar-refractivity contribution in [3.8, 4) is 0 Å². The molecule has 1 aromatic heterocycles. The van der Waals surface area contributed by atoms with Crippen LogP contribution in [0.3, 0.4) is 0 Å². The third-order valence-electron chi connectivity index (χ3n) is 6.67. The van der Waals surface area contributed by atoms with Crippen LogP contribution in [0.5, 0.6) is 0 Å². The van der Waals surface area contributed by atoms with Crippen LogP contribution in [0.4, 0.5) is 23.1 Å². The molecule has 9 nitrogen and oxygen atoms in total. The van der Waals surface area contributed by atoms with Crippen LogP contribution < -0.4 is 16.0 Å². The standard InChI is InChI=1S/C24H28F3N5O4S/c1-36-23(35)31-22-29-10-19(37-22)14-5-7-18(8-6-14)32-12-17(13-32)30-20(33)11-28-21(34)15-3-2-4-16(9-15)24(25,26)27/h2-4,9-10,14,17-18H,5-8,11-13H2,1H3,(H,28,34)(H,30,33)(H,29,31,35)/t14-,18+. The zero-order chi connectivity index (χ0) is 26.6. The highest BCUT2D eigenvalue weighted by Crippen LogP contribution is 2.39. The van der Waals surface area contributed by atoms with E-state index in [0.717, 1.165) is 61.8 Å². The number of carbonyl (C=O) groups excluding carboxylic acids is 3. The number of thiazole rings is 1. The van der Waals surface area contributed by atoms with Crippen molar-refractivity contribution >= 4 is 34.4 Å². The second-order valence-electron chi connectivity index (χ2n) is 9.17. The maximum Gasteiger partial charge on any atom is 0.416 e. The maximum atomic E-state index is 12.8. The molecule has 1 aromatic carbocycles. The topological polar surface area (TPSA) is 113 Å². The number of alkyl halides is 3. The second kappa shape index (κ2) is 11.5. The highest BCUT2D eigenvalue weighted by molar-refractivity contribution is 7.15. The number of hydrogen-bond donors (Lipinski definition) is 3. The fourth-order valence-corrected chi connectivity index (χ4v) is 5.65. The fraction of sp³-hybridized carbons (Fsp3) is 0.500. The van der Waals surface area contributed by atoms with Gasteiger partial charge in [0.05, 0.1) is 25.3 Å². The third kappa shape index (κ3) is 6.98. The smallest absolute Gasteiger partial charge is 0.416 e. The average molecular weight is 540 g/mol. The molecule has 0 radical (unpaired) electrons. The lowest BCUT2D eigenvalue weighted by Crippen LogP contribution is -2.63. The van der Waals surface area contributed by atoms with E-state index in [2.05, 4.69) is 30.6 Å². The molecule has 0 unspecified atom stereocenters. The summed E-state index contributed by atoms with van der Waals surface area (Å²) in [6.45, 7) is 1.13. The van der Waals surface area contributed by atoms with E-state index in [1.54, 1.807) is 0 Å². The Hall–Kier alpha value is -3.19. The Morgan fingerprint density at radius 2 is 1.89 bits per heavy atom. The summed E-state index contributed by atoms with van der Waals surface area (Å²) in [4.78, 5) is 43.4. The van der Waals surface area contributed by atoms with Crippen LogP contribution in [0.25, 0.3) is 0 Å². The summed E-state index contributed by atoms with van der Waals surface area (Å²) in [5.41, 5.74) is -1.07. The lowest BCUT2D eigenvalue weighted by Gasteiger charge is -2.46. The number of benzene rings is 1. The van der Waals surface area contributed by atoms with Gasteiger partial charge >= 0.3 is 12.3 Å². The first-order chi connectivity index (χ1) is 17.6. The van der Waals surface area contributed by atoms with Crippen LogP contribution in [0.15, 0.2) is 30.5 Å². The first-order valence-corrected chi connectivity index (χ1v) is 12.7. The lowest BCUT2D eigenvalue weighted by molar-refractivity contribution is -0.137. The molecule has 0 atom stereocenters. The van der Waals surface area contributed by atoms with Crippen LogP contribution in [0.1, 0.15) is 52.4 Å². The minimum atomic E-state index is -4.54. The van der Waals surface area contributed by atoms with E-state index >= 15 is 0 Å². The lowest BCUT2D eigenvalue weighted by atomic mass is 9.83. The molecule has 3 N–H and O–H groups in total. The average Bonchev–Trinajstić information content (AvgIpc) is 3.32. The number of methoxy groups -OCH3 is 1. The van der Waals surface area contributed by atoms with Gasteiger partial charge in [-0.25, -0.2) is 9.78 Å². The van der Waals surface area contributed by atoms with Crippen molar-refractivity contribution in [2.45, 2.75) is 49.9 Å². The molecule has 0 spiro atoms. The van der Waals surface area contributed by atoms with E-state index in [0.29, 0.717) is 17.1 Å². The number of nitrogens with zero attached hydrogens (tertiary/aromatic N) is 2. The molecule has 2 aliphatic rings. The zero-order valence-electron chi connectivity index (χ0n) is 20.1. The molecular weight excluding hydrogens is 511 g/mol. The summed E-state index contributed by atoms with van der Waals surface area (Å²) in [7, 11) is 1.30. The molecule has 2 aromatic rings. The first-order valence-electron chi connectivity index (χ1n) is 11.9. The molecule has 4 rings (SSSR count). The van der Waals surface area contributed by atoms with E-state index in [4.69, 9.17) is 0 Å². The van der Waals surface area contributed by atoms with Gasteiger partial charge in [0.15, 0.2) is 5.13 Å². The molecule has 2 heterocycles. The molecular formula is C24H28F3N5O4S. The second-order valence-corrected chi connectivity index (χ2v) is 10.2. The third-order valence-corrected chi connectivity index (χ3v) is 7.75. The normalized spacial score (nSPS) is 20.5. The van der Waals surface area contributed by atoms with Crippen LogP contribution >= 0.6 is 11.3 Å². The highest BCUT2D eigenvalue weighted by Gasteiger charge is 2.36. The monoisotopic (exact) mass is 539 g/mol. The Kier molecular flexibility index (Phi) is 8.32. The van der Waals surface area contributed by atoms with Crippen molar-refractivity contribution in [3.05, 3.63) is 46.5 Å². The SMILES string of the molecule is COC(=O)Nc1ncc([C@H]2CC[C@@H](N3CC(NC(=O)CNC(=O)c4cccc(C(F)(F)F)c4)C3)CC2)s1. The number of aromatic nitrogens is 1. The first kappa shape index (κ1) is 26.9. The molecule has 1 saturated heterocycles. The fourth-order valence-electron chi connectivity index (χ4n) is 4.68. The van der Waals surface area contributed by atoms with E-state index in [1.807, 2.05) is 6.20 Å². The molecule has 200 valence electrons. The van der Waals surface area contributed by atoms with Gasteiger partial charge in [0.25, 0.3) is 5.91 Å². The Bertz CT molecular complexity index is 1130. The molecule has 0 bridgehead atoms. The predicted molar refractivity (Wildman–Crippen MR) is 130 cm³/mol. The van der Waals surface area contributed by atoms with E-state index in [-0.39, 0.29) is 24.1 Å². The molecule has 13 heteroatoms. The van der Waals surface area contributed by atoms with Gasteiger partial charge in [-0.3, -0.25) is 19.8 Å². The summed E-state index contributed by atoms with van der Waals surface area (Å²) in [6, 6.07) is 4.49. The van der Waals surface area contributed by atoms with Gasteiger partial charge in [-0.2, -0.15) is 13.2 Å². The summed E-state index contributed by atoms with van der Waals surface area (Å²) < 4.78 is 43.1. The van der Waals surface area contributed by atoms with Crippen molar-refractivity contribution in [2.24, 2.45) is 0 Å². The summed E-state index contributed by atoms with van der Waals surface area (Å²) in [5, 5.41) is 8.35. The quantitative estimate of drug-likeness (QED) is 0.496. The van der Waals surface area contributed by atoms with Crippen LogP contribution in [-0.2, 0) is 15.7 Å². The molecule has 2 fully saturated rings. The van der Waals surface area contributed by atoms with Crippen LogP contribution in [0, 0.1) is 0 Å². The van der Waals surface area contributed by atoms with Gasteiger partial charge in [0.1, 0.15) is 0 Å². The Morgan fingerprint density at radius 3 is 2.57 bits per heavy atom. The number of anilines is 1. The number of ether oxygens (including phenoxy) is 1. The Balaban J connectivity index is 1.14. The Labute approximate surface area is 215 Å². The highest BCUT2D eigenvalue weighted by atomic mass is 32.1. The molecule has 37 heavy (non-hydrogen) atoms. The summed E-state index contributed by atoms with van der Waals surface area (Å²) in [5.74, 6) is -0.711. The van der Waals surface area contributed by atoms with Crippen molar-refractivity contribution in [2.75, 3.05) is 32.1 Å². The van der Waals surface area contributed by atoms with Gasteiger partial charge in [-0.1, -0.05) is 6.07 Å². The molecule has 1 saturated carbocycles. The van der Waals surface area contributed by atoms with Crippen molar-refractivity contribution in [3.63, 3.8) is 0 Å². The minimum absolute atomic E-state index is 0.0240. The van der Waals surface area contributed by atoms with Crippen molar-refractivity contribution < 1.29 is 32.3 Å². The van der Waals surface area contributed by atoms with Crippen molar-refractivity contribution in [1.82, 2.24) is 20.5 Å². The zero-order valence-corrected chi connectivity index (χ0v) is 21.0.